The molecule has 11 heavy (non-hydrogen) atoms. The van der Waals surface area contributed by atoms with Crippen molar-refractivity contribution >= 4 is 37.5 Å². The lowest BCUT2D eigenvalue weighted by molar-refractivity contribution is 1.41. The van der Waals surface area contributed by atoms with Crippen molar-refractivity contribution in [1.29, 1.82) is 0 Å². The van der Waals surface area contributed by atoms with E-state index in [0.29, 0.717) is 5.69 Å². The maximum absolute atomic E-state index is 6.78. The molecule has 1 aromatic rings. The Bertz CT molecular complexity index is 301. The molecule has 0 aliphatic heterocycles. The lowest BCUT2D eigenvalue weighted by atomic mass is 10.2. The van der Waals surface area contributed by atoms with Crippen molar-refractivity contribution in [3.63, 3.8) is 0 Å². The van der Waals surface area contributed by atoms with E-state index >= 15 is 0 Å². The van der Waals surface area contributed by atoms with E-state index in [9.17, 15) is 0 Å². The van der Waals surface area contributed by atoms with Crippen LogP contribution in [0.25, 0.3) is 4.85 Å². The minimum atomic E-state index is 0.683. The lowest BCUT2D eigenvalue weighted by Gasteiger charge is -1.98. The van der Waals surface area contributed by atoms with Crippen LogP contribution in [0.2, 0.25) is 0 Å². The van der Waals surface area contributed by atoms with Gasteiger partial charge in [-0.15, -0.1) is 0 Å². The number of alkyl halides is 1. The van der Waals surface area contributed by atoms with E-state index in [4.69, 9.17) is 6.57 Å². The van der Waals surface area contributed by atoms with Crippen LogP contribution in [-0.2, 0) is 5.33 Å². The van der Waals surface area contributed by atoms with E-state index in [1.807, 2.05) is 12.1 Å². The monoisotopic (exact) mass is 273 g/mol. The molecule has 0 bridgehead atoms. The highest BCUT2D eigenvalue weighted by molar-refractivity contribution is 9.10. The largest absolute Gasteiger partial charge is 0.238 e. The smallest absolute Gasteiger partial charge is 0.187 e. The average molecular weight is 275 g/mol. The molecule has 0 N–H and O–H groups in total. The Hall–Kier alpha value is -0.330. The Kier molecular flexibility index (Phi) is 3.10. The molecular formula is C8H5Br2N. The number of benzene rings is 1. The Morgan fingerprint density at radius 3 is 2.73 bits per heavy atom. The van der Waals surface area contributed by atoms with Crippen molar-refractivity contribution in [3.05, 3.63) is 39.7 Å². The molecule has 56 valence electrons. The Balaban J connectivity index is 3.15. The van der Waals surface area contributed by atoms with Gasteiger partial charge in [0.05, 0.1) is 6.57 Å². The topological polar surface area (TPSA) is 4.36 Å². The van der Waals surface area contributed by atoms with E-state index in [0.717, 1.165) is 15.4 Å². The maximum atomic E-state index is 6.78. The van der Waals surface area contributed by atoms with Crippen LogP contribution < -0.4 is 0 Å². The van der Waals surface area contributed by atoms with E-state index in [2.05, 4.69) is 36.7 Å². The van der Waals surface area contributed by atoms with Gasteiger partial charge in [0.2, 0.25) is 0 Å². The zero-order valence-corrected chi connectivity index (χ0v) is 8.81. The highest BCUT2D eigenvalue weighted by Gasteiger charge is 1.98. The molecule has 0 unspecified atom stereocenters. The van der Waals surface area contributed by atoms with Gasteiger partial charge >= 0.3 is 0 Å². The van der Waals surface area contributed by atoms with Crippen LogP contribution in [0, 0.1) is 6.57 Å². The SMILES string of the molecule is [C-]#[N+]c1ccc(Br)c(CBr)c1. The minimum Gasteiger partial charge on any atom is -0.238 e. The first kappa shape index (κ1) is 8.76. The van der Waals surface area contributed by atoms with Crippen molar-refractivity contribution in [2.75, 3.05) is 0 Å². The summed E-state index contributed by atoms with van der Waals surface area (Å²) in [6, 6.07) is 5.55. The molecule has 3 heteroatoms. The molecule has 0 spiro atoms. The predicted molar refractivity (Wildman–Crippen MR) is 53.0 cm³/mol. The zero-order valence-electron chi connectivity index (χ0n) is 5.64. The third kappa shape index (κ3) is 2.05. The fourth-order valence-corrected chi connectivity index (χ4v) is 1.96. The van der Waals surface area contributed by atoms with Gasteiger partial charge in [-0.25, -0.2) is 4.85 Å². The van der Waals surface area contributed by atoms with Gasteiger partial charge in [-0.05, 0) is 5.56 Å². The summed E-state index contributed by atoms with van der Waals surface area (Å²) < 4.78 is 1.04. The van der Waals surface area contributed by atoms with Crippen LogP contribution >= 0.6 is 31.9 Å². The number of hydrogen-bond acceptors (Lipinski definition) is 0. The first-order chi connectivity index (χ1) is 5.27. The lowest BCUT2D eigenvalue weighted by Crippen LogP contribution is -1.77. The van der Waals surface area contributed by atoms with Gasteiger partial charge in [-0.3, -0.25) is 0 Å². The van der Waals surface area contributed by atoms with Crippen LogP contribution in [0.1, 0.15) is 5.56 Å². The van der Waals surface area contributed by atoms with Gasteiger partial charge in [0.1, 0.15) is 0 Å². The summed E-state index contributed by atoms with van der Waals surface area (Å²) in [4.78, 5) is 3.33. The second kappa shape index (κ2) is 3.89. The predicted octanol–water partition coefficient (Wildman–Crippen LogP) is 3.89. The molecule has 0 aliphatic rings. The Morgan fingerprint density at radius 1 is 1.45 bits per heavy atom. The van der Waals surface area contributed by atoms with Crippen LogP contribution in [0.4, 0.5) is 5.69 Å². The van der Waals surface area contributed by atoms with Crippen LogP contribution in [0.5, 0.6) is 0 Å². The van der Waals surface area contributed by atoms with Crippen LogP contribution in [0.15, 0.2) is 22.7 Å². The molecule has 0 saturated carbocycles. The van der Waals surface area contributed by atoms with E-state index in [1.54, 1.807) is 6.07 Å². The molecular weight excluding hydrogens is 270 g/mol. The Morgan fingerprint density at radius 2 is 2.18 bits per heavy atom. The summed E-state index contributed by atoms with van der Waals surface area (Å²) in [5.41, 5.74) is 1.79. The molecule has 0 fully saturated rings. The number of rotatable bonds is 1. The molecule has 0 heterocycles. The Labute approximate surface area is 82.5 Å². The fraction of sp³-hybridized carbons (Fsp3) is 0.125. The van der Waals surface area contributed by atoms with Gasteiger partial charge < -0.3 is 0 Å². The standard InChI is InChI=1S/C8H5Br2N/c1-11-7-2-3-8(10)6(4-7)5-9/h2-4H,5H2. The average Bonchev–Trinajstić information content (AvgIpc) is 2.05. The molecule has 0 radical (unpaired) electrons. The first-order valence-electron chi connectivity index (χ1n) is 3.00. The highest BCUT2D eigenvalue weighted by Crippen LogP contribution is 2.24. The second-order valence-electron chi connectivity index (χ2n) is 2.02. The third-order valence-corrected chi connectivity index (χ3v) is 2.68. The quantitative estimate of drug-likeness (QED) is 0.541. The maximum Gasteiger partial charge on any atom is 0.187 e. The van der Waals surface area contributed by atoms with Crippen molar-refractivity contribution in [1.82, 2.24) is 0 Å². The summed E-state index contributed by atoms with van der Waals surface area (Å²) >= 11 is 6.73. The summed E-state index contributed by atoms with van der Waals surface area (Å²) in [5.74, 6) is 0. The zero-order chi connectivity index (χ0) is 8.27. The van der Waals surface area contributed by atoms with Gasteiger partial charge in [-0.2, -0.15) is 0 Å². The summed E-state index contributed by atoms with van der Waals surface area (Å²) in [5, 5.41) is 0.775. The second-order valence-corrected chi connectivity index (χ2v) is 3.44. The number of nitrogens with zero attached hydrogens (tertiary/aromatic N) is 1. The van der Waals surface area contributed by atoms with Gasteiger partial charge in [-0.1, -0.05) is 50.1 Å². The van der Waals surface area contributed by atoms with Crippen molar-refractivity contribution in [3.8, 4) is 0 Å². The van der Waals surface area contributed by atoms with E-state index < -0.39 is 0 Å². The molecule has 0 aliphatic carbocycles. The van der Waals surface area contributed by atoms with Gasteiger partial charge in [0.15, 0.2) is 5.69 Å². The summed E-state index contributed by atoms with van der Waals surface area (Å²) in [7, 11) is 0. The molecule has 1 nitrogen and oxygen atoms in total. The van der Waals surface area contributed by atoms with Crippen molar-refractivity contribution in [2.24, 2.45) is 0 Å². The number of halogens is 2. The van der Waals surface area contributed by atoms with E-state index in [-0.39, 0.29) is 0 Å². The molecule has 0 atom stereocenters. The van der Waals surface area contributed by atoms with Gasteiger partial charge in [0, 0.05) is 9.80 Å². The molecule has 0 aromatic heterocycles. The minimum absolute atomic E-state index is 0.683. The number of hydrogen-bond donors (Lipinski definition) is 0. The van der Waals surface area contributed by atoms with E-state index in [1.165, 1.54) is 0 Å². The first-order valence-corrected chi connectivity index (χ1v) is 4.91. The molecule has 1 aromatic carbocycles. The highest BCUT2D eigenvalue weighted by atomic mass is 79.9. The van der Waals surface area contributed by atoms with Crippen LogP contribution in [-0.4, -0.2) is 0 Å². The fourth-order valence-electron chi connectivity index (χ4n) is 0.733. The summed E-state index contributed by atoms with van der Waals surface area (Å²) in [6.07, 6.45) is 0. The van der Waals surface area contributed by atoms with Crippen molar-refractivity contribution < 1.29 is 0 Å². The molecule has 0 amide bonds. The molecule has 1 rings (SSSR count). The third-order valence-electron chi connectivity index (χ3n) is 1.30. The molecule has 0 saturated heterocycles. The van der Waals surface area contributed by atoms with Crippen LogP contribution in [0.3, 0.4) is 0 Å². The normalized spacial score (nSPS) is 9.18. The van der Waals surface area contributed by atoms with Crippen molar-refractivity contribution in [2.45, 2.75) is 5.33 Å². The summed E-state index contributed by atoms with van der Waals surface area (Å²) in [6.45, 7) is 6.78. The van der Waals surface area contributed by atoms with Gasteiger partial charge in [0.25, 0.3) is 0 Å².